The number of rotatable bonds is 3. The summed E-state index contributed by atoms with van der Waals surface area (Å²) in [5, 5.41) is 8.43. The van der Waals surface area contributed by atoms with Crippen LogP contribution in [0, 0.1) is 5.92 Å². The number of aliphatic hydroxyl groups excluding tert-OH is 1. The molecule has 0 aliphatic rings. The quantitative estimate of drug-likeness (QED) is 0.698. The summed E-state index contributed by atoms with van der Waals surface area (Å²) < 4.78 is 0. The molecule has 74 valence electrons. The summed E-state index contributed by atoms with van der Waals surface area (Å²) in [6.45, 7) is 8.38. The largest absolute Gasteiger partial charge is 0.387 e. The van der Waals surface area contributed by atoms with Crippen molar-refractivity contribution < 1.29 is 9.90 Å². The maximum atomic E-state index is 10.7. The minimum atomic E-state index is -0.386. The van der Waals surface area contributed by atoms with E-state index in [0.29, 0.717) is 12.5 Å². The van der Waals surface area contributed by atoms with Gasteiger partial charge in [0, 0.05) is 13.6 Å². The van der Waals surface area contributed by atoms with Crippen molar-refractivity contribution in [3.05, 3.63) is 0 Å². The molecule has 0 aromatic rings. The predicted molar refractivity (Wildman–Crippen MR) is 50.9 cm³/mol. The normalized spacial score (nSPS) is 8.92. The molecule has 0 radical (unpaired) electrons. The van der Waals surface area contributed by atoms with Crippen LogP contribution in [0.25, 0.3) is 0 Å². The molecule has 0 aromatic carbocycles. The molecule has 3 nitrogen and oxygen atoms in total. The Morgan fingerprint density at radius 2 is 1.83 bits per heavy atom. The second-order valence-corrected chi connectivity index (χ2v) is 2.83. The summed E-state index contributed by atoms with van der Waals surface area (Å²) in [6, 6.07) is 0. The fraction of sp³-hybridized carbons (Fsp3) is 0.889. The van der Waals surface area contributed by atoms with Gasteiger partial charge in [0.2, 0.25) is 5.91 Å². The molecule has 0 spiro atoms. The number of likely N-dealkylation sites (N-methyl/N-ethyl adjacent to an activating group) is 1. The number of hydrogen-bond donors (Lipinski definition) is 1. The molecular weight excluding hydrogens is 154 g/mol. The lowest BCUT2D eigenvalue weighted by Crippen LogP contribution is -2.32. The third-order valence-corrected chi connectivity index (χ3v) is 1.20. The van der Waals surface area contributed by atoms with Crippen LogP contribution in [-0.4, -0.2) is 36.1 Å². The fourth-order valence-corrected chi connectivity index (χ4v) is 0.770. The van der Waals surface area contributed by atoms with Gasteiger partial charge in [-0.15, -0.1) is 0 Å². The first-order chi connectivity index (χ1) is 5.57. The van der Waals surface area contributed by atoms with Crippen molar-refractivity contribution >= 4 is 5.91 Å². The molecule has 3 heteroatoms. The Morgan fingerprint density at radius 1 is 1.42 bits per heavy atom. The first kappa shape index (κ1) is 14.0. The standard InChI is InChI=1S/C7H15NO2.C2H6/c1-6(2)4-8(3)7(10)5-9;1-2/h6,9H,4-5H2,1-3H3;1-2H3. The molecule has 0 aliphatic carbocycles. The Kier molecular flexibility index (Phi) is 9.93. The van der Waals surface area contributed by atoms with Crippen molar-refractivity contribution in [2.75, 3.05) is 20.2 Å². The Hall–Kier alpha value is -0.570. The summed E-state index contributed by atoms with van der Waals surface area (Å²) in [7, 11) is 1.69. The zero-order chi connectivity index (χ0) is 10.1. The van der Waals surface area contributed by atoms with Crippen molar-refractivity contribution in [1.29, 1.82) is 0 Å². The highest BCUT2D eigenvalue weighted by atomic mass is 16.3. The molecule has 0 aromatic heterocycles. The van der Waals surface area contributed by atoms with Crippen molar-refractivity contribution in [3.8, 4) is 0 Å². The first-order valence-electron chi connectivity index (χ1n) is 4.42. The topological polar surface area (TPSA) is 40.5 Å². The molecule has 0 rings (SSSR count). The van der Waals surface area contributed by atoms with Crippen LogP contribution in [0.1, 0.15) is 27.7 Å². The number of amides is 1. The second-order valence-electron chi connectivity index (χ2n) is 2.83. The number of carbonyl (C=O) groups excluding carboxylic acids is 1. The molecule has 1 N–H and O–H groups in total. The molecule has 0 saturated carbocycles. The zero-order valence-electron chi connectivity index (χ0n) is 8.79. The number of carbonyl (C=O) groups is 1. The van der Waals surface area contributed by atoms with Crippen LogP contribution in [-0.2, 0) is 4.79 Å². The lowest BCUT2D eigenvalue weighted by Gasteiger charge is -2.17. The van der Waals surface area contributed by atoms with Crippen LogP contribution in [0.15, 0.2) is 0 Å². The van der Waals surface area contributed by atoms with Crippen LogP contribution in [0.2, 0.25) is 0 Å². The maximum Gasteiger partial charge on any atom is 0.248 e. The molecule has 0 aliphatic heterocycles. The Balaban J connectivity index is 0. The molecule has 0 fully saturated rings. The van der Waals surface area contributed by atoms with Gasteiger partial charge in [-0.25, -0.2) is 0 Å². The second kappa shape index (κ2) is 8.53. The van der Waals surface area contributed by atoms with Gasteiger partial charge < -0.3 is 10.0 Å². The molecular formula is C9H21NO2. The van der Waals surface area contributed by atoms with Gasteiger partial charge in [0.15, 0.2) is 0 Å². The van der Waals surface area contributed by atoms with Crippen LogP contribution in [0.4, 0.5) is 0 Å². The highest BCUT2D eigenvalue weighted by molar-refractivity contribution is 5.76. The summed E-state index contributed by atoms with van der Waals surface area (Å²) in [5.74, 6) is 0.245. The van der Waals surface area contributed by atoms with E-state index in [9.17, 15) is 4.79 Å². The van der Waals surface area contributed by atoms with Crippen molar-refractivity contribution in [3.63, 3.8) is 0 Å². The van der Waals surface area contributed by atoms with Gasteiger partial charge in [0.25, 0.3) is 0 Å². The van der Waals surface area contributed by atoms with Crippen molar-refractivity contribution in [1.82, 2.24) is 4.90 Å². The van der Waals surface area contributed by atoms with Crippen LogP contribution < -0.4 is 0 Å². The zero-order valence-corrected chi connectivity index (χ0v) is 8.79. The highest BCUT2D eigenvalue weighted by Gasteiger charge is 2.07. The summed E-state index contributed by atoms with van der Waals surface area (Å²) in [4.78, 5) is 12.3. The third kappa shape index (κ3) is 7.54. The van der Waals surface area contributed by atoms with Gasteiger partial charge in [0.1, 0.15) is 6.61 Å². The Morgan fingerprint density at radius 3 is 2.08 bits per heavy atom. The van der Waals surface area contributed by atoms with E-state index in [1.807, 2.05) is 27.7 Å². The average molecular weight is 175 g/mol. The number of hydrogen-bond acceptors (Lipinski definition) is 2. The Bertz CT molecular complexity index is 113. The minimum absolute atomic E-state index is 0.214. The van der Waals surface area contributed by atoms with Gasteiger partial charge in [0.05, 0.1) is 0 Å². The lowest BCUT2D eigenvalue weighted by molar-refractivity contribution is -0.133. The van der Waals surface area contributed by atoms with Gasteiger partial charge in [-0.3, -0.25) is 4.79 Å². The maximum absolute atomic E-state index is 10.7. The van der Waals surface area contributed by atoms with Crippen molar-refractivity contribution in [2.45, 2.75) is 27.7 Å². The lowest BCUT2D eigenvalue weighted by atomic mass is 10.2. The van der Waals surface area contributed by atoms with E-state index in [-0.39, 0.29) is 12.5 Å². The van der Waals surface area contributed by atoms with E-state index in [1.54, 1.807) is 7.05 Å². The average Bonchev–Trinajstić information content (AvgIpc) is 2.05. The number of aliphatic hydroxyl groups is 1. The summed E-state index contributed by atoms with van der Waals surface area (Å²) in [6.07, 6.45) is 0. The van der Waals surface area contributed by atoms with E-state index in [0.717, 1.165) is 0 Å². The number of nitrogens with zero attached hydrogens (tertiary/aromatic N) is 1. The molecule has 0 atom stereocenters. The third-order valence-electron chi connectivity index (χ3n) is 1.20. The van der Waals surface area contributed by atoms with E-state index in [4.69, 9.17) is 5.11 Å². The van der Waals surface area contributed by atoms with Gasteiger partial charge >= 0.3 is 0 Å². The minimum Gasteiger partial charge on any atom is -0.387 e. The SMILES string of the molecule is CC.CC(C)CN(C)C(=O)CO. The Labute approximate surface area is 75.4 Å². The molecule has 1 amide bonds. The monoisotopic (exact) mass is 175 g/mol. The van der Waals surface area contributed by atoms with Crippen LogP contribution in [0.3, 0.4) is 0 Å². The van der Waals surface area contributed by atoms with Gasteiger partial charge in [-0.2, -0.15) is 0 Å². The summed E-state index contributed by atoms with van der Waals surface area (Å²) in [5.41, 5.74) is 0. The fourth-order valence-electron chi connectivity index (χ4n) is 0.770. The molecule has 0 heterocycles. The van der Waals surface area contributed by atoms with E-state index in [2.05, 4.69) is 0 Å². The van der Waals surface area contributed by atoms with Crippen LogP contribution >= 0.6 is 0 Å². The molecule has 0 unspecified atom stereocenters. The van der Waals surface area contributed by atoms with E-state index < -0.39 is 0 Å². The van der Waals surface area contributed by atoms with E-state index >= 15 is 0 Å². The molecule has 0 saturated heterocycles. The summed E-state index contributed by atoms with van der Waals surface area (Å²) >= 11 is 0. The smallest absolute Gasteiger partial charge is 0.248 e. The van der Waals surface area contributed by atoms with Gasteiger partial charge in [-0.05, 0) is 5.92 Å². The first-order valence-corrected chi connectivity index (χ1v) is 4.42. The highest BCUT2D eigenvalue weighted by Crippen LogP contribution is 1.94. The van der Waals surface area contributed by atoms with Crippen LogP contribution in [0.5, 0.6) is 0 Å². The van der Waals surface area contributed by atoms with Gasteiger partial charge in [-0.1, -0.05) is 27.7 Å². The molecule has 12 heavy (non-hydrogen) atoms. The van der Waals surface area contributed by atoms with Crippen molar-refractivity contribution in [2.24, 2.45) is 5.92 Å². The predicted octanol–water partition coefficient (Wildman–Crippen LogP) is 1.12. The molecule has 0 bridgehead atoms. The van der Waals surface area contributed by atoms with E-state index in [1.165, 1.54) is 4.90 Å².